The van der Waals surface area contributed by atoms with E-state index in [1.807, 2.05) is 31.2 Å². The van der Waals surface area contributed by atoms with Crippen molar-refractivity contribution in [2.24, 2.45) is 5.92 Å². The zero-order valence-corrected chi connectivity index (χ0v) is 14.7. The summed E-state index contributed by atoms with van der Waals surface area (Å²) in [5, 5.41) is 15.6. The van der Waals surface area contributed by atoms with Crippen molar-refractivity contribution >= 4 is 0 Å². The fourth-order valence-corrected chi connectivity index (χ4v) is 2.95. The van der Waals surface area contributed by atoms with Gasteiger partial charge in [-0.15, -0.1) is 0 Å². The lowest BCUT2D eigenvalue weighted by atomic mass is 9.99. The number of rotatable bonds is 4. The highest BCUT2D eigenvalue weighted by Gasteiger charge is 2.21. The molecule has 3 nitrogen and oxygen atoms in total. The van der Waals surface area contributed by atoms with E-state index in [0.717, 1.165) is 34.5 Å². The van der Waals surface area contributed by atoms with Crippen LogP contribution in [0.2, 0.25) is 0 Å². The van der Waals surface area contributed by atoms with Crippen LogP contribution in [0.1, 0.15) is 30.5 Å². The van der Waals surface area contributed by atoms with Gasteiger partial charge in [0.15, 0.2) is 0 Å². The van der Waals surface area contributed by atoms with Crippen LogP contribution in [0, 0.1) is 19.8 Å². The maximum absolute atomic E-state index is 10.9. The Morgan fingerprint density at radius 1 is 1.00 bits per heavy atom. The molecule has 1 heterocycles. The fraction of sp³-hybridized carbons (Fsp3) is 0.286. The molecule has 2 aromatic carbocycles. The second-order valence-corrected chi connectivity index (χ2v) is 6.81. The third-order valence-corrected chi connectivity index (χ3v) is 4.24. The van der Waals surface area contributed by atoms with Crippen molar-refractivity contribution < 1.29 is 5.11 Å². The van der Waals surface area contributed by atoms with Gasteiger partial charge in [0.05, 0.1) is 11.4 Å². The quantitative estimate of drug-likeness (QED) is 0.729. The van der Waals surface area contributed by atoms with Gasteiger partial charge in [0.2, 0.25) is 5.88 Å². The third kappa shape index (κ3) is 3.07. The molecule has 0 saturated heterocycles. The number of hydrogen-bond acceptors (Lipinski definition) is 2. The Morgan fingerprint density at radius 2 is 1.67 bits per heavy atom. The van der Waals surface area contributed by atoms with Crippen LogP contribution in [0.4, 0.5) is 0 Å². The highest BCUT2D eigenvalue weighted by molar-refractivity contribution is 5.67. The maximum Gasteiger partial charge on any atom is 0.218 e. The highest BCUT2D eigenvalue weighted by Crippen LogP contribution is 2.34. The molecule has 0 atom stereocenters. The zero-order valence-electron chi connectivity index (χ0n) is 14.7. The lowest BCUT2D eigenvalue weighted by molar-refractivity contribution is 0.424. The molecule has 124 valence electrons. The molecule has 0 aliphatic carbocycles. The van der Waals surface area contributed by atoms with Gasteiger partial charge in [0, 0.05) is 11.1 Å². The molecule has 0 aliphatic rings. The van der Waals surface area contributed by atoms with Gasteiger partial charge in [-0.05, 0) is 37.8 Å². The van der Waals surface area contributed by atoms with Crippen LogP contribution in [0.3, 0.4) is 0 Å². The van der Waals surface area contributed by atoms with Gasteiger partial charge in [-0.25, -0.2) is 4.68 Å². The molecule has 3 heteroatoms. The number of hydrogen-bond donors (Lipinski definition) is 1. The maximum atomic E-state index is 10.9. The Kier molecular flexibility index (Phi) is 4.43. The van der Waals surface area contributed by atoms with Crippen molar-refractivity contribution in [3.05, 3.63) is 65.2 Å². The Balaban J connectivity index is 2.19. The minimum atomic E-state index is 0.244. The Bertz CT molecular complexity index is 845. The molecular formula is C21H24N2O. The summed E-state index contributed by atoms with van der Waals surface area (Å²) in [7, 11) is 0. The van der Waals surface area contributed by atoms with Crippen molar-refractivity contribution in [1.82, 2.24) is 9.78 Å². The van der Waals surface area contributed by atoms with E-state index >= 15 is 0 Å². The van der Waals surface area contributed by atoms with Crippen LogP contribution < -0.4 is 0 Å². The summed E-state index contributed by atoms with van der Waals surface area (Å²) in [6.07, 6.45) is 0.793. The summed E-state index contributed by atoms with van der Waals surface area (Å²) < 4.78 is 1.67. The molecule has 1 aromatic heterocycles. The summed E-state index contributed by atoms with van der Waals surface area (Å²) in [4.78, 5) is 0. The number of nitrogens with zero attached hydrogens (tertiary/aromatic N) is 2. The standard InChI is InChI=1S/C21H24N2O/c1-14(2)13-18-20(17-11-9-15(3)10-12-17)22-23(21(18)24)19-8-6-5-7-16(19)4/h5-12,14,24H,13H2,1-4H3. The van der Waals surface area contributed by atoms with Gasteiger partial charge in [0.1, 0.15) is 0 Å². The van der Waals surface area contributed by atoms with Crippen molar-refractivity contribution in [1.29, 1.82) is 0 Å². The number of aromatic hydroxyl groups is 1. The SMILES string of the molecule is Cc1ccc(-c2nn(-c3ccccc3C)c(O)c2CC(C)C)cc1. The Morgan fingerprint density at radius 3 is 2.29 bits per heavy atom. The third-order valence-electron chi connectivity index (χ3n) is 4.24. The van der Waals surface area contributed by atoms with E-state index in [9.17, 15) is 5.11 Å². The summed E-state index contributed by atoms with van der Waals surface area (Å²) in [5.41, 5.74) is 6.03. The van der Waals surface area contributed by atoms with Crippen LogP contribution in [0.25, 0.3) is 16.9 Å². The van der Waals surface area contributed by atoms with Crippen molar-refractivity contribution in [2.45, 2.75) is 34.1 Å². The first-order chi connectivity index (χ1) is 11.5. The second kappa shape index (κ2) is 6.52. The van der Waals surface area contributed by atoms with Gasteiger partial charge in [-0.3, -0.25) is 0 Å². The van der Waals surface area contributed by atoms with Crippen molar-refractivity contribution in [3.8, 4) is 22.8 Å². The molecule has 0 saturated carbocycles. The monoisotopic (exact) mass is 320 g/mol. The minimum absolute atomic E-state index is 0.244. The first-order valence-electron chi connectivity index (χ1n) is 8.41. The van der Waals surface area contributed by atoms with E-state index in [2.05, 4.69) is 45.0 Å². The first kappa shape index (κ1) is 16.3. The van der Waals surface area contributed by atoms with E-state index in [1.54, 1.807) is 4.68 Å². The van der Waals surface area contributed by atoms with Crippen LogP contribution in [-0.2, 0) is 6.42 Å². The number of aryl methyl sites for hydroxylation is 2. The van der Waals surface area contributed by atoms with Crippen LogP contribution >= 0.6 is 0 Å². The Labute approximate surface area is 143 Å². The predicted octanol–water partition coefficient (Wildman–Crippen LogP) is 5.06. The molecule has 3 rings (SSSR count). The lowest BCUT2D eigenvalue weighted by Gasteiger charge is -2.08. The topological polar surface area (TPSA) is 38.0 Å². The van der Waals surface area contributed by atoms with Crippen LogP contribution in [0.15, 0.2) is 48.5 Å². The van der Waals surface area contributed by atoms with E-state index in [0.29, 0.717) is 5.92 Å². The van der Waals surface area contributed by atoms with E-state index in [-0.39, 0.29) is 5.88 Å². The molecule has 0 bridgehead atoms. The first-order valence-corrected chi connectivity index (χ1v) is 8.41. The average Bonchev–Trinajstić information content (AvgIpc) is 2.85. The molecule has 0 spiro atoms. The fourth-order valence-electron chi connectivity index (χ4n) is 2.95. The summed E-state index contributed by atoms with van der Waals surface area (Å²) >= 11 is 0. The van der Waals surface area contributed by atoms with Crippen molar-refractivity contribution in [2.75, 3.05) is 0 Å². The van der Waals surface area contributed by atoms with Gasteiger partial charge in [-0.2, -0.15) is 5.10 Å². The lowest BCUT2D eigenvalue weighted by Crippen LogP contribution is -1.99. The predicted molar refractivity (Wildman–Crippen MR) is 98.7 cm³/mol. The van der Waals surface area contributed by atoms with Crippen LogP contribution in [0.5, 0.6) is 5.88 Å². The minimum Gasteiger partial charge on any atom is -0.493 e. The van der Waals surface area contributed by atoms with Gasteiger partial charge in [0.25, 0.3) is 0 Å². The van der Waals surface area contributed by atoms with Crippen LogP contribution in [-0.4, -0.2) is 14.9 Å². The highest BCUT2D eigenvalue weighted by atomic mass is 16.3. The molecular weight excluding hydrogens is 296 g/mol. The van der Waals surface area contributed by atoms with E-state index < -0.39 is 0 Å². The number of para-hydroxylation sites is 1. The van der Waals surface area contributed by atoms with E-state index in [1.165, 1.54) is 5.56 Å². The second-order valence-electron chi connectivity index (χ2n) is 6.81. The van der Waals surface area contributed by atoms with Gasteiger partial charge < -0.3 is 5.11 Å². The average molecular weight is 320 g/mol. The molecule has 0 radical (unpaired) electrons. The molecule has 0 aliphatic heterocycles. The largest absolute Gasteiger partial charge is 0.493 e. The van der Waals surface area contributed by atoms with Gasteiger partial charge in [-0.1, -0.05) is 61.9 Å². The molecule has 0 fully saturated rings. The molecule has 1 N–H and O–H groups in total. The van der Waals surface area contributed by atoms with Gasteiger partial charge >= 0.3 is 0 Å². The number of benzene rings is 2. The molecule has 0 unspecified atom stereocenters. The normalized spacial score (nSPS) is 11.2. The smallest absolute Gasteiger partial charge is 0.218 e. The van der Waals surface area contributed by atoms with E-state index in [4.69, 9.17) is 5.10 Å². The summed E-state index contributed by atoms with van der Waals surface area (Å²) in [5.74, 6) is 0.684. The molecule has 0 amide bonds. The molecule has 24 heavy (non-hydrogen) atoms. The zero-order chi connectivity index (χ0) is 17.3. The number of aromatic nitrogens is 2. The summed E-state index contributed by atoms with van der Waals surface area (Å²) in [6.45, 7) is 8.42. The molecule has 3 aromatic rings. The van der Waals surface area contributed by atoms with Crippen molar-refractivity contribution in [3.63, 3.8) is 0 Å². The summed E-state index contributed by atoms with van der Waals surface area (Å²) in [6, 6.07) is 16.3. The Hall–Kier alpha value is -2.55.